The highest BCUT2D eigenvalue weighted by Crippen LogP contribution is 2.31. The summed E-state index contributed by atoms with van der Waals surface area (Å²) in [4.78, 5) is 4.36. The predicted octanol–water partition coefficient (Wildman–Crippen LogP) is 2.81. The molecule has 0 spiro atoms. The summed E-state index contributed by atoms with van der Waals surface area (Å²) in [6.07, 6.45) is 8.60. The van der Waals surface area contributed by atoms with Crippen molar-refractivity contribution in [2.24, 2.45) is 0 Å². The second-order valence-corrected chi connectivity index (χ2v) is 9.01. The van der Waals surface area contributed by atoms with E-state index >= 15 is 0 Å². The van der Waals surface area contributed by atoms with Crippen LogP contribution in [0.2, 0.25) is 0 Å². The van der Waals surface area contributed by atoms with Crippen molar-refractivity contribution in [1.29, 1.82) is 0 Å². The molecule has 2 aliphatic heterocycles. The number of aromatic nitrogens is 2. The summed E-state index contributed by atoms with van der Waals surface area (Å²) in [5.74, 6) is 2.20. The Balaban J connectivity index is 1.46. The predicted molar refractivity (Wildman–Crippen MR) is 97.1 cm³/mol. The number of aryl methyl sites for hydroxylation is 1. The first-order valence-electron chi connectivity index (χ1n) is 9.34. The van der Waals surface area contributed by atoms with Gasteiger partial charge >= 0.3 is 0 Å². The lowest BCUT2D eigenvalue weighted by molar-refractivity contribution is 0.00218. The van der Waals surface area contributed by atoms with Crippen molar-refractivity contribution in [3.8, 4) is 11.6 Å². The van der Waals surface area contributed by atoms with Crippen molar-refractivity contribution >= 4 is 10.0 Å². The molecule has 2 aromatic heterocycles. The highest BCUT2D eigenvalue weighted by molar-refractivity contribution is 7.89. The van der Waals surface area contributed by atoms with Gasteiger partial charge in [-0.3, -0.25) is 0 Å². The van der Waals surface area contributed by atoms with E-state index in [1.165, 1.54) is 0 Å². The Morgan fingerprint density at radius 2 is 2.00 bits per heavy atom. The Bertz CT molecular complexity index is 830. The maximum atomic E-state index is 12.4. The van der Waals surface area contributed by atoms with Gasteiger partial charge in [-0.15, -0.1) is 0 Å². The number of nitrogens with zero attached hydrogens (tertiary/aromatic N) is 3. The van der Waals surface area contributed by atoms with E-state index in [0.29, 0.717) is 31.2 Å². The summed E-state index contributed by atoms with van der Waals surface area (Å²) in [6.45, 7) is 2.41. The molecule has 0 radical (unpaired) electrons. The zero-order valence-corrected chi connectivity index (χ0v) is 15.7. The molecule has 0 N–H and O–H groups in total. The molecule has 1 atom stereocenters. The van der Waals surface area contributed by atoms with E-state index in [2.05, 4.69) is 4.98 Å². The van der Waals surface area contributed by atoms with E-state index in [-0.39, 0.29) is 11.9 Å². The minimum absolute atomic E-state index is 0.0106. The van der Waals surface area contributed by atoms with Crippen molar-refractivity contribution in [2.75, 3.05) is 25.4 Å². The van der Waals surface area contributed by atoms with E-state index in [4.69, 9.17) is 9.15 Å². The molecule has 4 heterocycles. The molecule has 2 aliphatic rings. The van der Waals surface area contributed by atoms with Crippen LogP contribution >= 0.6 is 0 Å². The Hall–Kier alpha value is -1.64. The van der Waals surface area contributed by atoms with Gasteiger partial charge in [-0.05, 0) is 44.2 Å². The first-order valence-corrected chi connectivity index (χ1v) is 10.9. The minimum Gasteiger partial charge on any atom is -0.455 e. The van der Waals surface area contributed by atoms with Gasteiger partial charge in [0.15, 0.2) is 11.6 Å². The van der Waals surface area contributed by atoms with Crippen LogP contribution in [0.15, 0.2) is 28.9 Å². The molecule has 26 heavy (non-hydrogen) atoms. The lowest BCUT2D eigenvalue weighted by Gasteiger charge is -2.20. The molecule has 4 rings (SSSR count). The average Bonchev–Trinajstić information content (AvgIpc) is 3.42. The van der Waals surface area contributed by atoms with Crippen molar-refractivity contribution in [2.45, 2.75) is 44.8 Å². The summed E-state index contributed by atoms with van der Waals surface area (Å²) in [6, 6.07) is 3.83. The fourth-order valence-corrected chi connectivity index (χ4v) is 5.14. The van der Waals surface area contributed by atoms with Gasteiger partial charge in [0, 0.05) is 38.6 Å². The second kappa shape index (κ2) is 7.54. The van der Waals surface area contributed by atoms with Gasteiger partial charge < -0.3 is 13.7 Å². The Labute approximate surface area is 154 Å². The van der Waals surface area contributed by atoms with E-state index in [1.54, 1.807) is 16.7 Å². The van der Waals surface area contributed by atoms with Gasteiger partial charge in [0.05, 0.1) is 5.75 Å². The zero-order chi connectivity index (χ0) is 18.0. The Kier molecular flexibility index (Phi) is 5.15. The van der Waals surface area contributed by atoms with Gasteiger partial charge in [-0.25, -0.2) is 17.7 Å². The summed E-state index contributed by atoms with van der Waals surface area (Å²) in [5, 5.41) is 0. The van der Waals surface area contributed by atoms with Crippen LogP contribution in [0, 0.1) is 0 Å². The number of hydrogen-bond acceptors (Lipinski definition) is 5. The maximum Gasteiger partial charge on any atom is 0.215 e. The van der Waals surface area contributed by atoms with E-state index in [9.17, 15) is 8.42 Å². The van der Waals surface area contributed by atoms with E-state index in [0.717, 1.165) is 44.5 Å². The van der Waals surface area contributed by atoms with Gasteiger partial charge in [0.1, 0.15) is 11.9 Å². The van der Waals surface area contributed by atoms with Crippen molar-refractivity contribution < 1.29 is 17.6 Å². The standard InChI is InChI=1S/C18H25N3O4S/c22-26(23,21-9-2-3-10-21)14-12-20-11-8-19-18(20)17-7-6-16(25-17)15-5-1-4-13-24-15/h6-8,11,15H,1-5,9-10,12-14H2/t15-/m0/s1. The Morgan fingerprint density at radius 1 is 1.15 bits per heavy atom. The molecule has 0 aliphatic carbocycles. The third-order valence-electron chi connectivity index (χ3n) is 5.11. The van der Waals surface area contributed by atoms with Gasteiger partial charge in [-0.1, -0.05) is 0 Å². The van der Waals surface area contributed by atoms with Crippen molar-refractivity contribution in [3.63, 3.8) is 0 Å². The Morgan fingerprint density at radius 3 is 2.77 bits per heavy atom. The topological polar surface area (TPSA) is 77.6 Å². The first kappa shape index (κ1) is 17.8. The highest BCUT2D eigenvalue weighted by atomic mass is 32.2. The van der Waals surface area contributed by atoms with Crippen LogP contribution in [-0.2, 0) is 21.3 Å². The van der Waals surface area contributed by atoms with E-state index in [1.807, 2.05) is 16.7 Å². The molecule has 7 nitrogen and oxygen atoms in total. The van der Waals surface area contributed by atoms with Crippen molar-refractivity contribution in [1.82, 2.24) is 13.9 Å². The number of ether oxygens (including phenoxy) is 1. The summed E-state index contributed by atoms with van der Waals surface area (Å²) in [7, 11) is -3.21. The number of imidazole rings is 1. The van der Waals surface area contributed by atoms with Crippen LogP contribution in [-0.4, -0.2) is 47.7 Å². The molecule has 0 unspecified atom stereocenters. The first-order chi connectivity index (χ1) is 12.6. The molecule has 0 aromatic carbocycles. The molecular formula is C18H25N3O4S. The molecule has 2 aromatic rings. The van der Waals surface area contributed by atoms with Crippen LogP contribution in [0.1, 0.15) is 44.0 Å². The monoisotopic (exact) mass is 379 g/mol. The van der Waals surface area contributed by atoms with Gasteiger partial charge in [-0.2, -0.15) is 0 Å². The molecule has 142 valence electrons. The van der Waals surface area contributed by atoms with Crippen molar-refractivity contribution in [3.05, 3.63) is 30.3 Å². The van der Waals surface area contributed by atoms with E-state index < -0.39 is 10.0 Å². The normalized spacial score (nSPS) is 22.1. The summed E-state index contributed by atoms with van der Waals surface area (Å²) in [5.41, 5.74) is 0. The van der Waals surface area contributed by atoms with Crippen LogP contribution in [0.4, 0.5) is 0 Å². The number of rotatable bonds is 6. The molecule has 0 bridgehead atoms. The average molecular weight is 379 g/mol. The molecule has 8 heteroatoms. The highest BCUT2D eigenvalue weighted by Gasteiger charge is 2.26. The van der Waals surface area contributed by atoms with Gasteiger partial charge in [0.25, 0.3) is 0 Å². The maximum absolute atomic E-state index is 12.4. The number of hydrogen-bond donors (Lipinski definition) is 0. The molecule has 2 fully saturated rings. The lowest BCUT2D eigenvalue weighted by Crippen LogP contribution is -2.31. The smallest absolute Gasteiger partial charge is 0.215 e. The SMILES string of the molecule is O=S(=O)(CCn1ccnc1-c1ccc([C@@H]2CCCCO2)o1)N1CCCC1. The van der Waals surface area contributed by atoms with Gasteiger partial charge in [0.2, 0.25) is 10.0 Å². The quantitative estimate of drug-likeness (QED) is 0.771. The molecule has 2 saturated heterocycles. The van der Waals surface area contributed by atoms with Crippen LogP contribution in [0.25, 0.3) is 11.6 Å². The fraction of sp³-hybridized carbons (Fsp3) is 0.611. The zero-order valence-electron chi connectivity index (χ0n) is 14.8. The number of furan rings is 1. The second-order valence-electron chi connectivity index (χ2n) is 6.92. The third kappa shape index (κ3) is 3.72. The summed E-state index contributed by atoms with van der Waals surface area (Å²) < 4.78 is 40.1. The van der Waals surface area contributed by atoms with Crippen LogP contribution in [0.5, 0.6) is 0 Å². The largest absolute Gasteiger partial charge is 0.455 e. The van der Waals surface area contributed by atoms with Crippen LogP contribution in [0.3, 0.4) is 0 Å². The summed E-state index contributed by atoms with van der Waals surface area (Å²) >= 11 is 0. The fourth-order valence-electron chi connectivity index (χ4n) is 3.64. The van der Waals surface area contributed by atoms with Crippen LogP contribution < -0.4 is 0 Å². The third-order valence-corrected chi connectivity index (χ3v) is 6.96. The minimum atomic E-state index is -3.21. The number of sulfonamides is 1. The molecule has 0 amide bonds. The molecule has 0 saturated carbocycles. The lowest BCUT2D eigenvalue weighted by atomic mass is 10.1. The molecular weight excluding hydrogens is 354 g/mol.